The average Bonchev–Trinajstić information content (AvgIpc) is 2.71. The van der Waals surface area contributed by atoms with Crippen LogP contribution < -0.4 is 4.87 Å². The Morgan fingerprint density at radius 2 is 1.88 bits per heavy atom. The van der Waals surface area contributed by atoms with Gasteiger partial charge in [0.1, 0.15) is 0 Å². The molecule has 0 saturated carbocycles. The van der Waals surface area contributed by atoms with E-state index in [2.05, 4.69) is 16.8 Å². The third kappa shape index (κ3) is 2.48. The van der Waals surface area contributed by atoms with Crippen LogP contribution >= 0.6 is 11.3 Å². The smallest absolute Gasteiger partial charge is 0.305 e. The van der Waals surface area contributed by atoms with Gasteiger partial charge in [-0.05, 0) is 26.6 Å². The van der Waals surface area contributed by atoms with Crippen molar-refractivity contribution in [3.63, 3.8) is 0 Å². The van der Waals surface area contributed by atoms with Gasteiger partial charge in [0.2, 0.25) is 0 Å². The maximum Gasteiger partial charge on any atom is 0.305 e. The van der Waals surface area contributed by atoms with Crippen LogP contribution in [0, 0.1) is 0 Å². The van der Waals surface area contributed by atoms with Crippen molar-refractivity contribution in [2.45, 2.75) is 13.0 Å². The molecule has 1 aromatic carbocycles. The fourth-order valence-electron chi connectivity index (χ4n) is 1.69. The number of nitrogens with zero attached hydrogens (tertiary/aromatic N) is 1. The highest BCUT2D eigenvalue weighted by atomic mass is 32.1. The Bertz CT molecular complexity index is 542. The van der Waals surface area contributed by atoms with E-state index < -0.39 is 0 Å². The molecule has 0 amide bonds. The Hall–Kier alpha value is -1.39. The molecule has 0 saturated heterocycles. The molecule has 17 heavy (non-hydrogen) atoms. The predicted octanol–water partition coefficient (Wildman–Crippen LogP) is 2.73. The van der Waals surface area contributed by atoms with Crippen LogP contribution in [0.4, 0.5) is 0 Å². The number of aromatic nitrogens is 1. The van der Waals surface area contributed by atoms with Crippen molar-refractivity contribution in [3.05, 3.63) is 44.9 Å². The molecule has 2 aromatic rings. The molecule has 0 radical (unpaired) electrons. The van der Waals surface area contributed by atoms with Crippen LogP contribution in [0.3, 0.4) is 0 Å². The van der Waals surface area contributed by atoms with Gasteiger partial charge in [-0.25, -0.2) is 0 Å². The molecule has 3 nitrogen and oxygen atoms in total. The number of hydrogen-bond acceptors (Lipinski definition) is 3. The second kappa shape index (κ2) is 4.85. The first-order chi connectivity index (χ1) is 8.09. The van der Waals surface area contributed by atoms with E-state index in [-0.39, 0.29) is 10.9 Å². The lowest BCUT2D eigenvalue weighted by atomic mass is 10.1. The fourth-order valence-corrected chi connectivity index (χ4v) is 2.69. The summed E-state index contributed by atoms with van der Waals surface area (Å²) in [6, 6.07) is 10.2. The molecule has 1 heterocycles. The Balaban J connectivity index is 2.52. The lowest BCUT2D eigenvalue weighted by Crippen LogP contribution is -2.16. The first-order valence-electron chi connectivity index (χ1n) is 5.54. The molecule has 1 atom stereocenters. The molecule has 4 heteroatoms. The number of thiazole rings is 1. The molecular weight excluding hydrogens is 232 g/mol. The first-order valence-corrected chi connectivity index (χ1v) is 6.36. The van der Waals surface area contributed by atoms with Crippen LogP contribution in [-0.4, -0.2) is 24.0 Å². The van der Waals surface area contributed by atoms with Gasteiger partial charge in [0, 0.05) is 6.04 Å². The third-order valence-electron chi connectivity index (χ3n) is 2.89. The summed E-state index contributed by atoms with van der Waals surface area (Å²) in [6.07, 6.45) is 0. The first kappa shape index (κ1) is 12.1. The zero-order valence-corrected chi connectivity index (χ0v) is 11.0. The monoisotopic (exact) mass is 248 g/mol. The minimum absolute atomic E-state index is 0.00699. The maximum absolute atomic E-state index is 11.6. The van der Waals surface area contributed by atoms with Gasteiger partial charge in [0.05, 0.1) is 10.6 Å². The largest absolute Gasteiger partial charge is 0.312 e. The van der Waals surface area contributed by atoms with Crippen molar-refractivity contribution < 1.29 is 0 Å². The van der Waals surface area contributed by atoms with Crippen LogP contribution in [0.1, 0.15) is 17.8 Å². The Kier molecular flexibility index (Phi) is 3.45. The van der Waals surface area contributed by atoms with Gasteiger partial charge in [-0.15, -0.1) is 0 Å². The summed E-state index contributed by atoms with van der Waals surface area (Å²) in [5.74, 6) is 0. The number of rotatable bonds is 3. The minimum atomic E-state index is 0.00699. The lowest BCUT2D eigenvalue weighted by molar-refractivity contribution is 0.326. The normalized spacial score (nSPS) is 12.9. The second-order valence-electron chi connectivity index (χ2n) is 4.26. The van der Waals surface area contributed by atoms with E-state index in [1.807, 2.05) is 44.4 Å². The molecule has 1 N–H and O–H groups in total. The average molecular weight is 248 g/mol. The van der Waals surface area contributed by atoms with Crippen LogP contribution in [0.25, 0.3) is 11.3 Å². The lowest BCUT2D eigenvalue weighted by Gasteiger charge is -2.19. The van der Waals surface area contributed by atoms with E-state index in [9.17, 15) is 4.79 Å². The van der Waals surface area contributed by atoms with E-state index in [0.717, 1.165) is 16.1 Å². The molecule has 0 aliphatic carbocycles. The summed E-state index contributed by atoms with van der Waals surface area (Å²) >= 11 is 1.29. The zero-order valence-electron chi connectivity index (χ0n) is 10.2. The SMILES string of the molecule is CC(c1sc(=O)[nH]c1-c1ccccc1)N(C)C. The standard InChI is InChI=1S/C13H16N2OS/c1-9(15(2)3)12-11(14-13(16)17-12)10-7-5-4-6-8-10/h4-9H,1-3H3,(H,14,16). The summed E-state index contributed by atoms with van der Waals surface area (Å²) in [4.78, 5) is 17.7. The number of H-pyrrole nitrogens is 1. The Morgan fingerprint density at radius 3 is 2.47 bits per heavy atom. The van der Waals surface area contributed by atoms with Crippen LogP contribution in [0.15, 0.2) is 35.1 Å². The van der Waals surface area contributed by atoms with Gasteiger partial charge in [-0.3, -0.25) is 4.79 Å². The van der Waals surface area contributed by atoms with E-state index in [0.29, 0.717) is 0 Å². The maximum atomic E-state index is 11.6. The van der Waals surface area contributed by atoms with Gasteiger partial charge in [-0.1, -0.05) is 41.7 Å². The molecule has 0 fully saturated rings. The molecule has 90 valence electrons. The number of aromatic amines is 1. The Morgan fingerprint density at radius 1 is 1.24 bits per heavy atom. The predicted molar refractivity (Wildman–Crippen MR) is 72.5 cm³/mol. The molecule has 1 unspecified atom stereocenters. The molecule has 0 aliphatic rings. The van der Waals surface area contributed by atoms with E-state index in [4.69, 9.17) is 0 Å². The highest BCUT2D eigenvalue weighted by Gasteiger charge is 2.17. The van der Waals surface area contributed by atoms with Crippen molar-refractivity contribution >= 4 is 11.3 Å². The summed E-state index contributed by atoms with van der Waals surface area (Å²) in [6.45, 7) is 2.10. The van der Waals surface area contributed by atoms with Gasteiger partial charge in [0.15, 0.2) is 0 Å². The molecular formula is C13H16N2OS. The van der Waals surface area contributed by atoms with Crippen LogP contribution in [0.5, 0.6) is 0 Å². The van der Waals surface area contributed by atoms with E-state index >= 15 is 0 Å². The van der Waals surface area contributed by atoms with Crippen molar-refractivity contribution in [3.8, 4) is 11.3 Å². The zero-order chi connectivity index (χ0) is 12.4. The number of benzene rings is 1. The van der Waals surface area contributed by atoms with Crippen molar-refractivity contribution in [2.75, 3.05) is 14.1 Å². The fraction of sp³-hybridized carbons (Fsp3) is 0.308. The molecule has 2 rings (SSSR count). The molecule has 1 aromatic heterocycles. The molecule has 0 spiro atoms. The van der Waals surface area contributed by atoms with Gasteiger partial charge in [0.25, 0.3) is 0 Å². The quantitative estimate of drug-likeness (QED) is 0.906. The van der Waals surface area contributed by atoms with Crippen molar-refractivity contribution in [1.29, 1.82) is 0 Å². The van der Waals surface area contributed by atoms with Gasteiger partial charge >= 0.3 is 4.87 Å². The summed E-state index contributed by atoms with van der Waals surface area (Å²) in [5.41, 5.74) is 2.01. The van der Waals surface area contributed by atoms with Crippen LogP contribution in [0.2, 0.25) is 0 Å². The Labute approximate surface area is 105 Å². The topological polar surface area (TPSA) is 36.1 Å². The van der Waals surface area contributed by atoms with E-state index in [1.54, 1.807) is 0 Å². The van der Waals surface area contributed by atoms with Gasteiger partial charge < -0.3 is 9.88 Å². The number of hydrogen-bond donors (Lipinski definition) is 1. The minimum Gasteiger partial charge on any atom is -0.312 e. The highest BCUT2D eigenvalue weighted by Crippen LogP contribution is 2.30. The van der Waals surface area contributed by atoms with Crippen molar-refractivity contribution in [1.82, 2.24) is 9.88 Å². The van der Waals surface area contributed by atoms with Crippen molar-refractivity contribution in [2.24, 2.45) is 0 Å². The summed E-state index contributed by atoms with van der Waals surface area (Å²) in [5, 5.41) is 0. The molecule has 0 aliphatic heterocycles. The van der Waals surface area contributed by atoms with E-state index in [1.165, 1.54) is 11.3 Å². The van der Waals surface area contributed by atoms with Crippen LogP contribution in [-0.2, 0) is 0 Å². The molecule has 0 bridgehead atoms. The summed E-state index contributed by atoms with van der Waals surface area (Å²) in [7, 11) is 4.03. The third-order valence-corrected chi connectivity index (χ3v) is 3.95. The van der Waals surface area contributed by atoms with Gasteiger partial charge in [-0.2, -0.15) is 0 Å². The number of nitrogens with one attached hydrogen (secondary N) is 1. The second-order valence-corrected chi connectivity index (χ2v) is 5.27. The highest BCUT2D eigenvalue weighted by molar-refractivity contribution is 7.09. The summed E-state index contributed by atoms with van der Waals surface area (Å²) < 4.78 is 0.